The molecule has 6 heteroatoms. The molecule has 0 N–H and O–H groups in total. The lowest BCUT2D eigenvalue weighted by atomic mass is 10.1. The maximum Gasteiger partial charge on any atom is 0.416 e. The zero-order valence-corrected chi connectivity index (χ0v) is 11.7. The van der Waals surface area contributed by atoms with Crippen molar-refractivity contribution in [2.75, 3.05) is 0 Å². The highest BCUT2D eigenvalue weighted by atomic mass is 127. The van der Waals surface area contributed by atoms with Crippen molar-refractivity contribution in [1.82, 2.24) is 9.78 Å². The number of hydrogen-bond acceptors (Lipinski definition) is 1. The van der Waals surface area contributed by atoms with Crippen molar-refractivity contribution in [3.05, 3.63) is 41.6 Å². The molecular formula is C12H10F3IN2. The van der Waals surface area contributed by atoms with E-state index in [0.717, 1.165) is 22.3 Å². The van der Waals surface area contributed by atoms with E-state index < -0.39 is 11.7 Å². The summed E-state index contributed by atoms with van der Waals surface area (Å²) in [5, 5.41) is 4.27. The van der Waals surface area contributed by atoms with Crippen molar-refractivity contribution >= 4 is 22.6 Å². The van der Waals surface area contributed by atoms with Crippen molar-refractivity contribution in [3.8, 4) is 11.3 Å². The van der Waals surface area contributed by atoms with Gasteiger partial charge in [0.15, 0.2) is 0 Å². The maximum atomic E-state index is 12.4. The van der Waals surface area contributed by atoms with Crippen LogP contribution in [0.25, 0.3) is 11.3 Å². The monoisotopic (exact) mass is 366 g/mol. The average molecular weight is 366 g/mol. The minimum Gasteiger partial charge on any atom is -0.271 e. The first-order chi connectivity index (χ1) is 8.41. The topological polar surface area (TPSA) is 17.8 Å². The third kappa shape index (κ3) is 2.68. The summed E-state index contributed by atoms with van der Waals surface area (Å²) < 4.78 is 39.8. The van der Waals surface area contributed by atoms with Crippen LogP contribution in [0.15, 0.2) is 30.3 Å². The van der Waals surface area contributed by atoms with Crippen molar-refractivity contribution in [1.29, 1.82) is 0 Å². The molecule has 0 bridgehead atoms. The minimum atomic E-state index is -4.30. The smallest absolute Gasteiger partial charge is 0.271 e. The van der Waals surface area contributed by atoms with Gasteiger partial charge in [-0.3, -0.25) is 4.68 Å². The SMILES string of the molecule is Cn1nc(-c2ccc(C(F)(F)F)cc2)cc1CI. The molecule has 0 unspecified atom stereocenters. The number of rotatable bonds is 2. The van der Waals surface area contributed by atoms with E-state index in [1.807, 2.05) is 13.1 Å². The number of hydrogen-bond donors (Lipinski definition) is 0. The van der Waals surface area contributed by atoms with Gasteiger partial charge in [-0.25, -0.2) is 0 Å². The normalized spacial score (nSPS) is 11.8. The third-order valence-electron chi connectivity index (χ3n) is 2.62. The van der Waals surface area contributed by atoms with Gasteiger partial charge in [-0.05, 0) is 18.2 Å². The summed E-state index contributed by atoms with van der Waals surface area (Å²) in [5.74, 6) is 0. The van der Waals surface area contributed by atoms with E-state index in [1.54, 1.807) is 4.68 Å². The maximum absolute atomic E-state index is 12.4. The van der Waals surface area contributed by atoms with E-state index in [2.05, 4.69) is 27.7 Å². The van der Waals surface area contributed by atoms with Crippen LogP contribution in [-0.4, -0.2) is 9.78 Å². The van der Waals surface area contributed by atoms with Crippen LogP contribution >= 0.6 is 22.6 Å². The second-order valence-corrected chi connectivity index (χ2v) is 4.62. The summed E-state index contributed by atoms with van der Waals surface area (Å²) in [5.41, 5.74) is 1.77. The molecule has 18 heavy (non-hydrogen) atoms. The van der Waals surface area contributed by atoms with Gasteiger partial charge in [-0.2, -0.15) is 18.3 Å². The van der Waals surface area contributed by atoms with Crippen LogP contribution < -0.4 is 0 Å². The molecule has 0 amide bonds. The Balaban J connectivity index is 2.34. The Morgan fingerprint density at radius 3 is 2.28 bits per heavy atom. The molecule has 0 aliphatic carbocycles. The van der Waals surface area contributed by atoms with Gasteiger partial charge in [0.1, 0.15) is 0 Å². The molecule has 0 aliphatic heterocycles. The van der Waals surface area contributed by atoms with E-state index in [4.69, 9.17) is 0 Å². The van der Waals surface area contributed by atoms with Crippen LogP contribution in [-0.2, 0) is 17.7 Å². The van der Waals surface area contributed by atoms with Crippen LogP contribution in [0.3, 0.4) is 0 Å². The van der Waals surface area contributed by atoms with Gasteiger partial charge in [0, 0.05) is 22.7 Å². The Bertz CT molecular complexity index is 543. The van der Waals surface area contributed by atoms with Gasteiger partial charge in [0.05, 0.1) is 11.3 Å². The lowest BCUT2D eigenvalue weighted by Crippen LogP contribution is -2.04. The van der Waals surface area contributed by atoms with Gasteiger partial charge >= 0.3 is 6.18 Å². The minimum absolute atomic E-state index is 0.642. The molecule has 1 aromatic carbocycles. The summed E-state index contributed by atoms with van der Waals surface area (Å²) in [6, 6.07) is 6.93. The molecule has 1 aromatic heterocycles. The molecule has 0 saturated carbocycles. The Morgan fingerprint density at radius 1 is 1.22 bits per heavy atom. The number of benzene rings is 1. The van der Waals surface area contributed by atoms with Crippen LogP contribution in [0.4, 0.5) is 13.2 Å². The summed E-state index contributed by atoms with van der Waals surface area (Å²) in [4.78, 5) is 0. The van der Waals surface area contributed by atoms with E-state index in [0.29, 0.717) is 11.3 Å². The number of alkyl halides is 4. The van der Waals surface area contributed by atoms with E-state index in [-0.39, 0.29) is 0 Å². The Hall–Kier alpha value is -1.05. The summed E-state index contributed by atoms with van der Waals surface area (Å²) in [6.07, 6.45) is -4.30. The molecule has 2 aromatic rings. The van der Waals surface area contributed by atoms with Crippen LogP contribution in [0.1, 0.15) is 11.3 Å². The standard InChI is InChI=1S/C12H10F3IN2/c1-18-10(7-16)6-11(17-18)8-2-4-9(5-3-8)12(13,14)15/h2-6H,7H2,1H3. The van der Waals surface area contributed by atoms with E-state index in [1.165, 1.54) is 12.1 Å². The fraction of sp³-hybridized carbons (Fsp3) is 0.250. The predicted molar refractivity (Wildman–Crippen MR) is 71.4 cm³/mol. The number of aromatic nitrogens is 2. The first-order valence-corrected chi connectivity index (χ1v) is 6.71. The highest BCUT2D eigenvalue weighted by molar-refractivity contribution is 14.1. The highest BCUT2D eigenvalue weighted by Crippen LogP contribution is 2.30. The quantitative estimate of drug-likeness (QED) is 0.580. The van der Waals surface area contributed by atoms with Gasteiger partial charge in [0.25, 0.3) is 0 Å². The Morgan fingerprint density at radius 2 is 1.83 bits per heavy atom. The molecule has 1 heterocycles. The van der Waals surface area contributed by atoms with Gasteiger partial charge in [-0.1, -0.05) is 34.7 Å². The van der Waals surface area contributed by atoms with Crippen molar-refractivity contribution in [2.24, 2.45) is 7.05 Å². The van der Waals surface area contributed by atoms with Crippen molar-refractivity contribution in [3.63, 3.8) is 0 Å². The molecule has 0 spiro atoms. The van der Waals surface area contributed by atoms with Gasteiger partial charge in [0.2, 0.25) is 0 Å². The molecule has 0 atom stereocenters. The molecule has 96 valence electrons. The van der Waals surface area contributed by atoms with Gasteiger partial charge < -0.3 is 0 Å². The lowest BCUT2D eigenvalue weighted by Gasteiger charge is -2.06. The second kappa shape index (κ2) is 4.91. The molecule has 0 aliphatic rings. The molecule has 0 saturated heterocycles. The Labute approximate surface area is 116 Å². The lowest BCUT2D eigenvalue weighted by molar-refractivity contribution is -0.137. The fourth-order valence-corrected chi connectivity index (χ4v) is 2.32. The molecule has 2 nitrogen and oxygen atoms in total. The third-order valence-corrected chi connectivity index (χ3v) is 3.40. The van der Waals surface area contributed by atoms with Gasteiger partial charge in [-0.15, -0.1) is 0 Å². The first kappa shape index (κ1) is 13.4. The zero-order valence-electron chi connectivity index (χ0n) is 9.50. The Kier molecular flexibility index (Phi) is 3.65. The number of halogens is 4. The van der Waals surface area contributed by atoms with Crippen LogP contribution in [0, 0.1) is 0 Å². The van der Waals surface area contributed by atoms with Crippen molar-refractivity contribution in [2.45, 2.75) is 10.6 Å². The molecule has 0 radical (unpaired) electrons. The van der Waals surface area contributed by atoms with E-state index >= 15 is 0 Å². The predicted octanol–water partition coefficient (Wildman–Crippen LogP) is 4.04. The number of nitrogens with zero attached hydrogens (tertiary/aromatic N) is 2. The van der Waals surface area contributed by atoms with Crippen LogP contribution in [0.2, 0.25) is 0 Å². The fourth-order valence-electron chi connectivity index (χ4n) is 1.60. The second-order valence-electron chi connectivity index (χ2n) is 3.85. The summed E-state index contributed by atoms with van der Waals surface area (Å²) >= 11 is 2.22. The van der Waals surface area contributed by atoms with Crippen LogP contribution in [0.5, 0.6) is 0 Å². The molecule has 0 fully saturated rings. The van der Waals surface area contributed by atoms with E-state index in [9.17, 15) is 13.2 Å². The van der Waals surface area contributed by atoms with Crippen molar-refractivity contribution < 1.29 is 13.2 Å². The average Bonchev–Trinajstić information content (AvgIpc) is 2.69. The molecular weight excluding hydrogens is 356 g/mol. The highest BCUT2D eigenvalue weighted by Gasteiger charge is 2.30. The number of aryl methyl sites for hydroxylation is 1. The summed E-state index contributed by atoms with van der Waals surface area (Å²) in [7, 11) is 1.82. The molecule has 2 rings (SSSR count). The summed E-state index contributed by atoms with van der Waals surface area (Å²) in [6.45, 7) is 0. The zero-order chi connectivity index (χ0) is 13.3. The first-order valence-electron chi connectivity index (χ1n) is 5.18. The largest absolute Gasteiger partial charge is 0.416 e.